The van der Waals surface area contributed by atoms with E-state index in [2.05, 4.69) is 15.2 Å². The van der Waals surface area contributed by atoms with Crippen LogP contribution in [0.2, 0.25) is 0 Å². The second kappa shape index (κ2) is 3.50. The van der Waals surface area contributed by atoms with E-state index in [1.165, 1.54) is 12.8 Å². The van der Waals surface area contributed by atoms with Gasteiger partial charge in [0.2, 0.25) is 0 Å². The number of benzene rings is 1. The normalized spacial score (nSPS) is 15.5. The van der Waals surface area contributed by atoms with Crippen molar-refractivity contribution in [2.45, 2.75) is 19.3 Å². The third kappa shape index (κ3) is 1.91. The molecule has 3 rings (SSSR count). The zero-order valence-corrected chi connectivity index (χ0v) is 8.48. The highest BCUT2D eigenvalue weighted by Gasteiger charge is 2.23. The maximum absolute atomic E-state index is 4.49. The number of nitrogens with one attached hydrogen (secondary N) is 1. The van der Waals surface area contributed by atoms with Crippen molar-refractivity contribution >= 4 is 0 Å². The molecular weight excluding hydrogens is 186 g/mol. The molecule has 0 bridgehead atoms. The summed E-state index contributed by atoms with van der Waals surface area (Å²) in [6.07, 6.45) is 3.75. The van der Waals surface area contributed by atoms with Gasteiger partial charge in [-0.25, -0.2) is 4.98 Å². The Balaban J connectivity index is 1.83. The number of aromatic amines is 1. The molecule has 0 radical (unpaired) electrons. The lowest BCUT2D eigenvalue weighted by atomic mass is 10.2. The molecule has 1 aliphatic carbocycles. The molecule has 0 saturated heterocycles. The van der Waals surface area contributed by atoms with E-state index in [0.717, 1.165) is 29.6 Å². The van der Waals surface area contributed by atoms with Gasteiger partial charge in [0, 0.05) is 12.0 Å². The molecule has 76 valence electrons. The first-order chi connectivity index (χ1) is 7.42. The van der Waals surface area contributed by atoms with Gasteiger partial charge < -0.3 is 0 Å². The Morgan fingerprint density at radius 3 is 2.73 bits per heavy atom. The molecule has 1 heterocycles. The lowest BCUT2D eigenvalue weighted by Crippen LogP contribution is -1.89. The van der Waals surface area contributed by atoms with E-state index < -0.39 is 0 Å². The summed E-state index contributed by atoms with van der Waals surface area (Å²) in [4.78, 5) is 4.49. The highest BCUT2D eigenvalue weighted by molar-refractivity contribution is 5.53. The molecule has 2 aromatic rings. The van der Waals surface area contributed by atoms with Crippen LogP contribution in [-0.4, -0.2) is 15.2 Å². The Bertz CT molecular complexity index is 443. The molecule has 0 atom stereocenters. The molecule has 1 saturated carbocycles. The second-order valence-electron chi connectivity index (χ2n) is 4.12. The van der Waals surface area contributed by atoms with Crippen molar-refractivity contribution in [3.8, 4) is 11.4 Å². The molecular formula is C12H13N3. The van der Waals surface area contributed by atoms with Crippen molar-refractivity contribution in [1.29, 1.82) is 0 Å². The Kier molecular flexibility index (Phi) is 2.02. The van der Waals surface area contributed by atoms with E-state index in [0.29, 0.717) is 0 Å². The van der Waals surface area contributed by atoms with E-state index in [1.807, 2.05) is 30.3 Å². The van der Waals surface area contributed by atoms with Crippen LogP contribution in [0.1, 0.15) is 18.7 Å². The minimum absolute atomic E-state index is 0.811. The summed E-state index contributed by atoms with van der Waals surface area (Å²) in [5.41, 5.74) is 1.08. The van der Waals surface area contributed by atoms with Crippen LogP contribution >= 0.6 is 0 Å². The monoisotopic (exact) mass is 199 g/mol. The number of H-pyrrole nitrogens is 1. The van der Waals surface area contributed by atoms with Crippen molar-refractivity contribution in [3.05, 3.63) is 36.2 Å². The number of nitrogens with zero attached hydrogens (tertiary/aromatic N) is 2. The molecule has 0 spiro atoms. The van der Waals surface area contributed by atoms with Crippen LogP contribution in [0, 0.1) is 5.92 Å². The fourth-order valence-electron chi connectivity index (χ4n) is 1.70. The molecule has 15 heavy (non-hydrogen) atoms. The van der Waals surface area contributed by atoms with Crippen LogP contribution < -0.4 is 0 Å². The Morgan fingerprint density at radius 1 is 1.20 bits per heavy atom. The molecule has 1 fully saturated rings. The first kappa shape index (κ1) is 8.65. The lowest BCUT2D eigenvalue weighted by Gasteiger charge is -1.92. The summed E-state index contributed by atoms with van der Waals surface area (Å²) in [6, 6.07) is 10.1. The van der Waals surface area contributed by atoms with Gasteiger partial charge in [-0.15, -0.1) is 0 Å². The van der Waals surface area contributed by atoms with Gasteiger partial charge in [-0.1, -0.05) is 30.3 Å². The molecule has 0 unspecified atom stereocenters. The van der Waals surface area contributed by atoms with Gasteiger partial charge in [0.1, 0.15) is 5.82 Å². The summed E-state index contributed by atoms with van der Waals surface area (Å²) >= 11 is 0. The van der Waals surface area contributed by atoms with Crippen LogP contribution in [-0.2, 0) is 6.42 Å². The van der Waals surface area contributed by atoms with Crippen molar-refractivity contribution < 1.29 is 0 Å². The third-order valence-electron chi connectivity index (χ3n) is 2.74. The van der Waals surface area contributed by atoms with Gasteiger partial charge in [0.15, 0.2) is 5.82 Å². The third-order valence-corrected chi connectivity index (χ3v) is 2.74. The van der Waals surface area contributed by atoms with Gasteiger partial charge >= 0.3 is 0 Å². The quantitative estimate of drug-likeness (QED) is 0.824. The van der Waals surface area contributed by atoms with Gasteiger partial charge in [0.25, 0.3) is 0 Å². The SMILES string of the molecule is c1ccc(-c2n[nH]c(CC3CC3)n2)cc1. The predicted molar refractivity (Wildman–Crippen MR) is 58.2 cm³/mol. The molecule has 3 heteroatoms. The largest absolute Gasteiger partial charge is 0.263 e. The van der Waals surface area contributed by atoms with E-state index >= 15 is 0 Å². The Hall–Kier alpha value is -1.64. The van der Waals surface area contributed by atoms with Crippen LogP contribution in [0.3, 0.4) is 0 Å². The fourth-order valence-corrected chi connectivity index (χ4v) is 1.70. The summed E-state index contributed by atoms with van der Waals surface area (Å²) in [6.45, 7) is 0. The van der Waals surface area contributed by atoms with Crippen molar-refractivity contribution in [2.75, 3.05) is 0 Å². The van der Waals surface area contributed by atoms with Crippen LogP contribution in [0.4, 0.5) is 0 Å². The summed E-state index contributed by atoms with van der Waals surface area (Å²) in [5, 5.41) is 7.25. The van der Waals surface area contributed by atoms with Crippen molar-refractivity contribution in [3.63, 3.8) is 0 Å². The van der Waals surface area contributed by atoms with Gasteiger partial charge in [0.05, 0.1) is 0 Å². The first-order valence-corrected chi connectivity index (χ1v) is 5.38. The molecule has 1 aromatic carbocycles. The standard InChI is InChI=1S/C12H13N3/c1-2-4-10(5-3-1)12-13-11(14-15-12)8-9-6-7-9/h1-5,9H,6-8H2,(H,13,14,15). The van der Waals surface area contributed by atoms with E-state index in [1.54, 1.807) is 0 Å². The van der Waals surface area contributed by atoms with E-state index in [9.17, 15) is 0 Å². The summed E-state index contributed by atoms with van der Waals surface area (Å²) in [5.74, 6) is 2.68. The smallest absolute Gasteiger partial charge is 0.181 e. The fraction of sp³-hybridized carbons (Fsp3) is 0.333. The topological polar surface area (TPSA) is 41.6 Å². The number of aromatic nitrogens is 3. The molecule has 1 N–H and O–H groups in total. The number of rotatable bonds is 3. The predicted octanol–water partition coefficient (Wildman–Crippen LogP) is 2.42. The van der Waals surface area contributed by atoms with Crippen LogP contribution in [0.15, 0.2) is 30.3 Å². The minimum atomic E-state index is 0.811. The summed E-state index contributed by atoms with van der Waals surface area (Å²) in [7, 11) is 0. The number of hydrogen-bond donors (Lipinski definition) is 1. The zero-order valence-electron chi connectivity index (χ0n) is 8.48. The average Bonchev–Trinajstić information content (AvgIpc) is 2.96. The van der Waals surface area contributed by atoms with E-state index in [4.69, 9.17) is 0 Å². The lowest BCUT2D eigenvalue weighted by molar-refractivity contribution is 0.774. The van der Waals surface area contributed by atoms with Gasteiger partial charge in [-0.3, -0.25) is 5.10 Å². The van der Waals surface area contributed by atoms with Crippen molar-refractivity contribution in [2.24, 2.45) is 5.92 Å². The van der Waals surface area contributed by atoms with Crippen molar-refractivity contribution in [1.82, 2.24) is 15.2 Å². The second-order valence-corrected chi connectivity index (χ2v) is 4.12. The van der Waals surface area contributed by atoms with Crippen LogP contribution in [0.25, 0.3) is 11.4 Å². The van der Waals surface area contributed by atoms with Gasteiger partial charge in [-0.05, 0) is 18.8 Å². The average molecular weight is 199 g/mol. The molecule has 3 nitrogen and oxygen atoms in total. The Labute approximate surface area is 88.6 Å². The van der Waals surface area contributed by atoms with E-state index in [-0.39, 0.29) is 0 Å². The van der Waals surface area contributed by atoms with Gasteiger partial charge in [-0.2, -0.15) is 5.10 Å². The maximum Gasteiger partial charge on any atom is 0.181 e. The molecule has 0 amide bonds. The molecule has 1 aromatic heterocycles. The Morgan fingerprint density at radius 2 is 2.00 bits per heavy atom. The highest BCUT2D eigenvalue weighted by atomic mass is 15.2. The number of hydrogen-bond acceptors (Lipinski definition) is 2. The maximum atomic E-state index is 4.49. The first-order valence-electron chi connectivity index (χ1n) is 5.38. The summed E-state index contributed by atoms with van der Waals surface area (Å²) < 4.78 is 0. The highest BCUT2D eigenvalue weighted by Crippen LogP contribution is 2.31. The minimum Gasteiger partial charge on any atom is -0.263 e. The molecule has 1 aliphatic rings. The zero-order chi connectivity index (χ0) is 10.1. The van der Waals surface area contributed by atoms with Crippen LogP contribution in [0.5, 0.6) is 0 Å². The molecule has 0 aliphatic heterocycles.